The van der Waals surface area contributed by atoms with Crippen molar-refractivity contribution in [1.29, 1.82) is 0 Å². The van der Waals surface area contributed by atoms with Gasteiger partial charge in [0.25, 0.3) is 0 Å². The zero-order valence-corrected chi connectivity index (χ0v) is 13.7. The Kier molecular flexibility index (Phi) is 4.41. The zero-order valence-electron chi connectivity index (χ0n) is 13.7. The molecule has 0 fully saturated rings. The second-order valence-electron chi connectivity index (χ2n) is 5.50. The van der Waals surface area contributed by atoms with Gasteiger partial charge >= 0.3 is 0 Å². The summed E-state index contributed by atoms with van der Waals surface area (Å²) in [5.41, 5.74) is 2.83. The first kappa shape index (κ1) is 15.3. The molecule has 0 atom stereocenters. The normalized spacial score (nSPS) is 10.9. The van der Waals surface area contributed by atoms with Gasteiger partial charge in [0.15, 0.2) is 5.75 Å². The van der Waals surface area contributed by atoms with Crippen LogP contribution >= 0.6 is 0 Å². The van der Waals surface area contributed by atoms with Gasteiger partial charge in [0.2, 0.25) is 5.82 Å². The Balaban J connectivity index is 1.95. The Bertz CT molecular complexity index is 776. The van der Waals surface area contributed by atoms with E-state index in [4.69, 9.17) is 4.74 Å². The molecule has 0 N–H and O–H groups in total. The smallest absolute Gasteiger partial charge is 0.203 e. The highest BCUT2D eigenvalue weighted by Crippen LogP contribution is 2.31. The van der Waals surface area contributed by atoms with Crippen molar-refractivity contribution in [2.75, 3.05) is 0 Å². The van der Waals surface area contributed by atoms with Crippen LogP contribution in [0, 0.1) is 6.92 Å². The molecule has 0 aliphatic rings. The van der Waals surface area contributed by atoms with Crippen molar-refractivity contribution in [2.45, 2.75) is 33.4 Å². The summed E-state index contributed by atoms with van der Waals surface area (Å²) in [7, 11) is 1.86. The molecule has 23 heavy (non-hydrogen) atoms. The minimum absolute atomic E-state index is 0.499. The molecule has 0 bridgehead atoms. The molecule has 3 rings (SSSR count). The van der Waals surface area contributed by atoms with Crippen LogP contribution in [0.2, 0.25) is 0 Å². The van der Waals surface area contributed by atoms with E-state index in [0.717, 1.165) is 35.7 Å². The van der Waals surface area contributed by atoms with Gasteiger partial charge < -0.3 is 4.74 Å². The van der Waals surface area contributed by atoms with Crippen LogP contribution in [0.4, 0.5) is 0 Å². The third-order valence-electron chi connectivity index (χ3n) is 3.55. The summed E-state index contributed by atoms with van der Waals surface area (Å²) in [5.74, 6) is 1.40. The molecule has 1 aromatic carbocycles. The highest BCUT2D eigenvalue weighted by atomic mass is 16.5. The van der Waals surface area contributed by atoms with E-state index in [9.17, 15) is 0 Å². The Hall–Kier alpha value is -2.63. The van der Waals surface area contributed by atoms with Crippen LogP contribution in [0.25, 0.3) is 11.5 Å². The lowest BCUT2D eigenvalue weighted by molar-refractivity contribution is 0.305. The lowest BCUT2D eigenvalue weighted by Crippen LogP contribution is -2.04. The van der Waals surface area contributed by atoms with Crippen molar-refractivity contribution < 1.29 is 4.74 Å². The molecule has 2 aromatic heterocycles. The fourth-order valence-electron chi connectivity index (χ4n) is 2.51. The average Bonchev–Trinajstić information content (AvgIpc) is 3.10. The van der Waals surface area contributed by atoms with Gasteiger partial charge in [-0.25, -0.2) is 4.98 Å². The molecule has 6 heteroatoms. The molecule has 0 spiro atoms. The zero-order chi connectivity index (χ0) is 16.2. The maximum Gasteiger partial charge on any atom is 0.203 e. The number of hydrogen-bond acceptors (Lipinski definition) is 4. The maximum atomic E-state index is 6.07. The Morgan fingerprint density at radius 2 is 1.91 bits per heavy atom. The SMILES string of the molecule is CCCn1nc(C)c(OCc2ccccc2)c1-c1ncn(C)n1. The van der Waals surface area contributed by atoms with Crippen LogP contribution in [0.5, 0.6) is 5.75 Å². The second-order valence-corrected chi connectivity index (χ2v) is 5.50. The highest BCUT2D eigenvalue weighted by Gasteiger charge is 2.21. The molecule has 3 aromatic rings. The summed E-state index contributed by atoms with van der Waals surface area (Å²) in [6.07, 6.45) is 2.67. The van der Waals surface area contributed by atoms with Crippen molar-refractivity contribution in [2.24, 2.45) is 7.05 Å². The van der Waals surface area contributed by atoms with Gasteiger partial charge in [-0.05, 0) is 18.9 Å². The summed E-state index contributed by atoms with van der Waals surface area (Å²) < 4.78 is 9.70. The predicted molar refractivity (Wildman–Crippen MR) is 88.0 cm³/mol. The van der Waals surface area contributed by atoms with Crippen molar-refractivity contribution >= 4 is 0 Å². The molecule has 0 unspecified atom stereocenters. The average molecular weight is 311 g/mol. The van der Waals surface area contributed by atoms with Crippen molar-refractivity contribution in [1.82, 2.24) is 24.5 Å². The van der Waals surface area contributed by atoms with Crippen LogP contribution in [0.1, 0.15) is 24.6 Å². The quantitative estimate of drug-likeness (QED) is 0.702. The fourth-order valence-corrected chi connectivity index (χ4v) is 2.51. The van der Waals surface area contributed by atoms with Gasteiger partial charge in [0.1, 0.15) is 24.3 Å². The number of ether oxygens (including phenoxy) is 1. The molecule has 0 saturated carbocycles. The lowest BCUT2D eigenvalue weighted by Gasteiger charge is -2.08. The second kappa shape index (κ2) is 6.64. The fraction of sp³-hybridized carbons (Fsp3) is 0.353. The van der Waals surface area contributed by atoms with Gasteiger partial charge in [-0.2, -0.15) is 5.10 Å². The van der Waals surface area contributed by atoms with E-state index < -0.39 is 0 Å². The largest absolute Gasteiger partial charge is 0.485 e. The van der Waals surface area contributed by atoms with Crippen LogP contribution in [-0.4, -0.2) is 24.5 Å². The highest BCUT2D eigenvalue weighted by molar-refractivity contribution is 5.61. The standard InChI is InChI=1S/C17H21N5O/c1-4-10-22-15(17-18-12-21(3)20-17)16(13(2)19-22)23-11-14-8-6-5-7-9-14/h5-9,12H,4,10-11H2,1-3H3. The lowest BCUT2D eigenvalue weighted by atomic mass is 10.2. The van der Waals surface area contributed by atoms with E-state index in [0.29, 0.717) is 12.4 Å². The number of hydrogen-bond donors (Lipinski definition) is 0. The van der Waals surface area contributed by atoms with Gasteiger partial charge in [-0.15, -0.1) is 5.10 Å². The van der Waals surface area contributed by atoms with Gasteiger partial charge in [0, 0.05) is 13.6 Å². The van der Waals surface area contributed by atoms with E-state index in [1.165, 1.54) is 0 Å². The van der Waals surface area contributed by atoms with Crippen molar-refractivity contribution in [3.05, 3.63) is 47.9 Å². The number of nitrogens with zero attached hydrogens (tertiary/aromatic N) is 5. The molecular formula is C17H21N5O. The molecule has 6 nitrogen and oxygen atoms in total. The molecule has 120 valence electrons. The van der Waals surface area contributed by atoms with E-state index in [1.807, 2.05) is 49.0 Å². The summed E-state index contributed by atoms with van der Waals surface area (Å²) in [4.78, 5) is 4.37. The molecule has 0 saturated heterocycles. The third-order valence-corrected chi connectivity index (χ3v) is 3.55. The number of aryl methyl sites for hydroxylation is 3. The Labute approximate surface area is 135 Å². The van der Waals surface area contributed by atoms with Crippen molar-refractivity contribution in [3.63, 3.8) is 0 Å². The van der Waals surface area contributed by atoms with Crippen molar-refractivity contribution in [3.8, 4) is 17.3 Å². The van der Waals surface area contributed by atoms with E-state index in [-0.39, 0.29) is 0 Å². The Morgan fingerprint density at radius 1 is 1.13 bits per heavy atom. The first-order valence-corrected chi connectivity index (χ1v) is 7.79. The van der Waals surface area contributed by atoms with Gasteiger partial charge in [0.05, 0.1) is 0 Å². The maximum absolute atomic E-state index is 6.07. The topological polar surface area (TPSA) is 57.8 Å². The molecular weight excluding hydrogens is 290 g/mol. The van der Waals surface area contributed by atoms with E-state index >= 15 is 0 Å². The molecule has 0 aliphatic heterocycles. The Morgan fingerprint density at radius 3 is 2.57 bits per heavy atom. The summed E-state index contributed by atoms with van der Waals surface area (Å²) >= 11 is 0. The summed E-state index contributed by atoms with van der Waals surface area (Å²) in [6, 6.07) is 10.1. The summed E-state index contributed by atoms with van der Waals surface area (Å²) in [6.45, 7) is 5.39. The molecule has 0 amide bonds. The van der Waals surface area contributed by atoms with Gasteiger partial charge in [-0.3, -0.25) is 9.36 Å². The number of aromatic nitrogens is 5. The number of rotatable bonds is 6. The molecule has 0 radical (unpaired) electrons. The first-order valence-electron chi connectivity index (χ1n) is 7.79. The predicted octanol–water partition coefficient (Wildman–Crippen LogP) is 2.98. The number of benzene rings is 1. The summed E-state index contributed by atoms with van der Waals surface area (Å²) in [5, 5.41) is 9.02. The van der Waals surface area contributed by atoms with Crippen LogP contribution in [0.15, 0.2) is 36.7 Å². The van der Waals surface area contributed by atoms with E-state index in [1.54, 1.807) is 11.0 Å². The molecule has 2 heterocycles. The van der Waals surface area contributed by atoms with Crippen LogP contribution in [0.3, 0.4) is 0 Å². The van der Waals surface area contributed by atoms with Crippen LogP contribution < -0.4 is 4.74 Å². The monoisotopic (exact) mass is 311 g/mol. The third kappa shape index (κ3) is 3.26. The van der Waals surface area contributed by atoms with Crippen LogP contribution in [-0.2, 0) is 20.2 Å². The van der Waals surface area contributed by atoms with E-state index in [2.05, 4.69) is 22.1 Å². The first-order chi connectivity index (χ1) is 11.2. The molecule has 0 aliphatic carbocycles. The minimum Gasteiger partial charge on any atom is -0.485 e. The van der Waals surface area contributed by atoms with Gasteiger partial charge in [-0.1, -0.05) is 37.3 Å². The minimum atomic E-state index is 0.499.